The number of aryl methyl sites for hydroxylation is 1. The third kappa shape index (κ3) is 3.82. The first-order valence-corrected chi connectivity index (χ1v) is 9.48. The van der Waals surface area contributed by atoms with Gasteiger partial charge in [0.25, 0.3) is 0 Å². The molecular weight excluding hydrogens is 408 g/mol. The van der Waals surface area contributed by atoms with Gasteiger partial charge < -0.3 is 5.73 Å². The van der Waals surface area contributed by atoms with Crippen LogP contribution in [0.15, 0.2) is 26.0 Å². The van der Waals surface area contributed by atoms with E-state index >= 15 is 0 Å². The fourth-order valence-corrected chi connectivity index (χ4v) is 5.13. The number of rotatable bonds is 6. The van der Waals surface area contributed by atoms with Crippen LogP contribution in [-0.4, -0.2) is 20.5 Å². The summed E-state index contributed by atoms with van der Waals surface area (Å²) in [7, 11) is -3.63. The van der Waals surface area contributed by atoms with Gasteiger partial charge in [0.05, 0.1) is 4.90 Å². The van der Waals surface area contributed by atoms with Crippen LogP contribution in [0.2, 0.25) is 0 Å². The second kappa shape index (κ2) is 6.87. The SMILES string of the molecule is CCC(CC)(CN)NS(=O)(=O)c1cc(Br)c(C)cc1Br. The van der Waals surface area contributed by atoms with Crippen molar-refractivity contribution in [3.05, 3.63) is 26.6 Å². The van der Waals surface area contributed by atoms with Crippen molar-refractivity contribution in [1.29, 1.82) is 0 Å². The summed E-state index contributed by atoms with van der Waals surface area (Å²) in [6.07, 6.45) is 1.29. The molecule has 0 saturated heterocycles. The van der Waals surface area contributed by atoms with E-state index < -0.39 is 15.6 Å². The number of hydrogen-bond acceptors (Lipinski definition) is 3. The molecule has 1 aromatic carbocycles. The van der Waals surface area contributed by atoms with Gasteiger partial charge in [-0.05, 0) is 53.4 Å². The molecule has 0 aliphatic heterocycles. The predicted octanol–water partition coefficient (Wildman–Crippen LogP) is 3.32. The van der Waals surface area contributed by atoms with Crippen molar-refractivity contribution in [2.75, 3.05) is 6.54 Å². The van der Waals surface area contributed by atoms with Gasteiger partial charge in [0.1, 0.15) is 0 Å². The Bertz CT molecular complexity index is 576. The minimum Gasteiger partial charge on any atom is -0.329 e. The third-order valence-corrected chi connectivity index (χ3v) is 6.99. The maximum Gasteiger partial charge on any atom is 0.242 e. The van der Waals surface area contributed by atoms with Crippen molar-refractivity contribution in [3.63, 3.8) is 0 Å². The number of sulfonamides is 1. The fraction of sp³-hybridized carbons (Fsp3) is 0.538. The minimum absolute atomic E-state index is 0.217. The summed E-state index contributed by atoms with van der Waals surface area (Å²) >= 11 is 6.68. The summed E-state index contributed by atoms with van der Waals surface area (Å²) in [4.78, 5) is 0.217. The van der Waals surface area contributed by atoms with Crippen molar-refractivity contribution in [2.45, 2.75) is 44.0 Å². The number of halogens is 2. The van der Waals surface area contributed by atoms with Crippen LogP contribution < -0.4 is 10.5 Å². The summed E-state index contributed by atoms with van der Waals surface area (Å²) in [5, 5.41) is 0. The highest BCUT2D eigenvalue weighted by molar-refractivity contribution is 9.11. The Hall–Kier alpha value is 0.0500. The van der Waals surface area contributed by atoms with Crippen LogP contribution in [0.5, 0.6) is 0 Å². The normalized spacial score (nSPS) is 12.7. The molecule has 0 saturated carbocycles. The Morgan fingerprint density at radius 3 is 2.20 bits per heavy atom. The molecule has 0 unspecified atom stereocenters. The van der Waals surface area contributed by atoms with E-state index in [0.29, 0.717) is 17.3 Å². The zero-order valence-corrected chi connectivity index (χ0v) is 15.8. The van der Waals surface area contributed by atoms with Crippen LogP contribution in [-0.2, 0) is 10.0 Å². The van der Waals surface area contributed by atoms with E-state index in [4.69, 9.17) is 5.73 Å². The van der Waals surface area contributed by atoms with E-state index in [1.807, 2.05) is 20.8 Å². The average molecular weight is 428 g/mol. The van der Waals surface area contributed by atoms with Crippen LogP contribution in [0.3, 0.4) is 0 Å². The summed E-state index contributed by atoms with van der Waals surface area (Å²) in [5.74, 6) is 0. The second-order valence-electron chi connectivity index (χ2n) is 4.83. The van der Waals surface area contributed by atoms with Crippen LogP contribution in [0.4, 0.5) is 0 Å². The first kappa shape index (κ1) is 18.1. The third-order valence-electron chi connectivity index (χ3n) is 3.60. The molecule has 4 nitrogen and oxygen atoms in total. The Morgan fingerprint density at radius 2 is 1.75 bits per heavy atom. The molecule has 0 spiro atoms. The van der Waals surface area contributed by atoms with E-state index in [9.17, 15) is 8.42 Å². The van der Waals surface area contributed by atoms with Crippen molar-refractivity contribution >= 4 is 41.9 Å². The number of hydrogen-bond donors (Lipinski definition) is 2. The Balaban J connectivity index is 3.28. The summed E-state index contributed by atoms with van der Waals surface area (Å²) in [6.45, 7) is 6.03. The van der Waals surface area contributed by atoms with E-state index in [0.717, 1.165) is 10.0 Å². The lowest BCUT2D eigenvalue weighted by molar-refractivity contribution is 0.363. The van der Waals surface area contributed by atoms with Gasteiger partial charge in [-0.25, -0.2) is 13.1 Å². The van der Waals surface area contributed by atoms with E-state index in [1.165, 1.54) is 0 Å². The standard InChI is InChI=1S/C13H20Br2N2O2S/c1-4-13(5-2,8-16)17-20(18,19)12-7-10(14)9(3)6-11(12)15/h6-7,17H,4-5,8,16H2,1-3H3. The molecule has 0 aromatic heterocycles. The molecule has 0 bridgehead atoms. The molecule has 0 amide bonds. The molecule has 1 aromatic rings. The predicted molar refractivity (Wildman–Crippen MR) is 89.3 cm³/mol. The van der Waals surface area contributed by atoms with Crippen molar-refractivity contribution in [1.82, 2.24) is 4.72 Å². The molecule has 0 aliphatic rings. The Labute approximate surface area is 137 Å². The highest BCUT2D eigenvalue weighted by Gasteiger charge is 2.32. The lowest BCUT2D eigenvalue weighted by atomic mass is 9.95. The highest BCUT2D eigenvalue weighted by atomic mass is 79.9. The molecule has 114 valence electrons. The van der Waals surface area contributed by atoms with Crippen LogP contribution >= 0.6 is 31.9 Å². The number of nitrogens with two attached hydrogens (primary N) is 1. The van der Waals surface area contributed by atoms with E-state index in [2.05, 4.69) is 36.6 Å². The average Bonchev–Trinajstić information content (AvgIpc) is 2.40. The monoisotopic (exact) mass is 426 g/mol. The van der Waals surface area contributed by atoms with Gasteiger partial charge in [0.15, 0.2) is 0 Å². The number of benzene rings is 1. The first-order valence-electron chi connectivity index (χ1n) is 6.41. The van der Waals surface area contributed by atoms with Gasteiger partial charge in [0, 0.05) is 21.0 Å². The second-order valence-corrected chi connectivity index (χ2v) is 8.19. The summed E-state index contributed by atoms with van der Waals surface area (Å²) in [5.41, 5.74) is 6.12. The minimum atomic E-state index is -3.63. The molecule has 0 fully saturated rings. The van der Waals surface area contributed by atoms with E-state index in [-0.39, 0.29) is 11.4 Å². The van der Waals surface area contributed by atoms with Gasteiger partial charge in [0.2, 0.25) is 10.0 Å². The van der Waals surface area contributed by atoms with Crippen molar-refractivity contribution < 1.29 is 8.42 Å². The molecular formula is C13H20Br2N2O2S. The molecule has 20 heavy (non-hydrogen) atoms. The van der Waals surface area contributed by atoms with Gasteiger partial charge in [-0.1, -0.05) is 29.8 Å². The van der Waals surface area contributed by atoms with Gasteiger partial charge in [-0.3, -0.25) is 0 Å². The van der Waals surface area contributed by atoms with Crippen LogP contribution in [0.25, 0.3) is 0 Å². The molecule has 1 rings (SSSR count). The van der Waals surface area contributed by atoms with E-state index in [1.54, 1.807) is 12.1 Å². The Kier molecular flexibility index (Phi) is 6.22. The zero-order chi connectivity index (χ0) is 15.6. The number of nitrogens with one attached hydrogen (secondary N) is 1. The van der Waals surface area contributed by atoms with Gasteiger partial charge in [-0.15, -0.1) is 0 Å². The van der Waals surface area contributed by atoms with Crippen molar-refractivity contribution in [2.24, 2.45) is 5.73 Å². The van der Waals surface area contributed by atoms with Crippen LogP contribution in [0, 0.1) is 6.92 Å². The largest absolute Gasteiger partial charge is 0.329 e. The highest BCUT2D eigenvalue weighted by Crippen LogP contribution is 2.30. The maximum atomic E-state index is 12.6. The summed E-state index contributed by atoms with van der Waals surface area (Å²) < 4.78 is 29.2. The lowest BCUT2D eigenvalue weighted by Crippen LogP contribution is -2.52. The lowest BCUT2D eigenvalue weighted by Gasteiger charge is -2.31. The molecule has 3 N–H and O–H groups in total. The molecule has 7 heteroatoms. The molecule has 0 heterocycles. The molecule has 0 aliphatic carbocycles. The Morgan fingerprint density at radius 1 is 1.20 bits per heavy atom. The maximum absolute atomic E-state index is 12.6. The van der Waals surface area contributed by atoms with Crippen LogP contribution in [0.1, 0.15) is 32.3 Å². The topological polar surface area (TPSA) is 72.2 Å². The molecule has 0 radical (unpaired) electrons. The smallest absolute Gasteiger partial charge is 0.242 e. The molecule has 0 atom stereocenters. The zero-order valence-electron chi connectivity index (χ0n) is 11.8. The van der Waals surface area contributed by atoms with Gasteiger partial charge >= 0.3 is 0 Å². The summed E-state index contributed by atoms with van der Waals surface area (Å²) in [6, 6.07) is 3.38. The fourth-order valence-electron chi connectivity index (χ4n) is 1.90. The van der Waals surface area contributed by atoms with Gasteiger partial charge in [-0.2, -0.15) is 0 Å². The first-order chi connectivity index (χ1) is 9.21. The quantitative estimate of drug-likeness (QED) is 0.731. The van der Waals surface area contributed by atoms with Crippen molar-refractivity contribution in [3.8, 4) is 0 Å².